The molecule has 0 amide bonds. The van der Waals surface area contributed by atoms with E-state index in [4.69, 9.17) is 0 Å². The summed E-state index contributed by atoms with van der Waals surface area (Å²) in [4.78, 5) is 0. The molecule has 0 bridgehead atoms. The van der Waals surface area contributed by atoms with Gasteiger partial charge in [-0.15, -0.1) is 0 Å². The number of halogens is 3. The molecule has 0 saturated carbocycles. The normalized spacial score (nSPS) is 14.7. The zero-order valence-electron chi connectivity index (χ0n) is 31.7. The van der Waals surface area contributed by atoms with E-state index in [0.717, 1.165) is 0 Å². The van der Waals surface area contributed by atoms with Gasteiger partial charge in [0.2, 0.25) is 0 Å². The Morgan fingerprint density at radius 3 is 0.812 bits per heavy atom. The zero-order chi connectivity index (χ0) is 30.5. The zero-order valence-corrected chi connectivity index (χ0v) is 41.7. The van der Waals surface area contributed by atoms with Crippen LogP contribution in [-0.4, -0.2) is 24.2 Å². The van der Waals surface area contributed by atoms with Gasteiger partial charge in [0, 0.05) is 24.2 Å². The first-order chi connectivity index (χ1) is 19.7. The van der Waals surface area contributed by atoms with Crippen LogP contribution >= 0.6 is 0 Å². The van der Waals surface area contributed by atoms with Crippen LogP contribution in [0.4, 0.5) is 0 Å². The van der Waals surface area contributed by atoms with Crippen molar-refractivity contribution in [2.24, 2.45) is 0 Å². The Bertz CT molecular complexity index is 1130. The molecule has 0 fully saturated rings. The quantitative estimate of drug-likeness (QED) is 0.264. The molecule has 0 aliphatic heterocycles. The van der Waals surface area contributed by atoms with Crippen LogP contribution in [0.3, 0.4) is 0 Å². The second-order valence-corrected chi connectivity index (χ2v) is 33.8. The SMILES string of the molecule is C[Si](C)(C)C[c-]1ccc2c1CCCC2.C[Si](C)(C)C[c-]1ccc2c1CCCC2.C[Si](C)(C)C[c-]1ccc2c1CCCC2.[Cl-].[Cl-].[Cl-].[Ti+2].[Ti+2].[Ti+2]. The largest absolute Gasteiger partial charge is 2.00 e. The van der Waals surface area contributed by atoms with E-state index in [-0.39, 0.29) is 102 Å². The van der Waals surface area contributed by atoms with Crippen molar-refractivity contribution in [3.8, 4) is 0 Å². The Balaban J connectivity index is -0.000000596. The maximum absolute atomic E-state index is 2.47. The van der Waals surface area contributed by atoms with Gasteiger partial charge in [-0.05, 0) is 0 Å². The van der Waals surface area contributed by atoms with Crippen LogP contribution in [0, 0.1) is 0 Å². The molecule has 0 heterocycles. The van der Waals surface area contributed by atoms with E-state index >= 15 is 0 Å². The van der Waals surface area contributed by atoms with Crippen molar-refractivity contribution in [2.45, 2.75) is 154 Å². The summed E-state index contributed by atoms with van der Waals surface area (Å²) < 4.78 is 0. The number of fused-ring (bicyclic) bond motifs is 3. The third kappa shape index (κ3) is 17.7. The van der Waals surface area contributed by atoms with Crippen molar-refractivity contribution < 1.29 is 102 Å². The summed E-state index contributed by atoms with van der Waals surface area (Å²) in [5.41, 5.74) is 15.2. The van der Waals surface area contributed by atoms with Gasteiger partial charge in [-0.25, -0.2) is 18.2 Å². The molecule has 3 aliphatic carbocycles. The van der Waals surface area contributed by atoms with Gasteiger partial charge in [-0.1, -0.05) is 154 Å². The molecule has 0 N–H and O–H groups in total. The average molecular weight is 866 g/mol. The Hall–Kier alpha value is 1.71. The van der Waals surface area contributed by atoms with Gasteiger partial charge in [0.25, 0.3) is 0 Å². The fourth-order valence-electron chi connectivity index (χ4n) is 7.55. The average Bonchev–Trinajstić information content (AvgIpc) is 3.61. The van der Waals surface area contributed by atoms with Crippen LogP contribution in [0.1, 0.15) is 88.6 Å². The number of hydrogen-bond donors (Lipinski definition) is 0. The van der Waals surface area contributed by atoms with Crippen LogP contribution in [0.25, 0.3) is 0 Å². The van der Waals surface area contributed by atoms with Crippen LogP contribution < -0.4 is 37.2 Å². The molecule has 0 spiro atoms. The second-order valence-electron chi connectivity index (χ2n) is 17.4. The molecule has 264 valence electrons. The molecule has 6 rings (SSSR count). The van der Waals surface area contributed by atoms with Crippen molar-refractivity contribution in [2.75, 3.05) is 0 Å². The molecular weight excluding hydrogens is 803 g/mol. The summed E-state index contributed by atoms with van der Waals surface area (Å²) in [7, 11) is -2.76. The topological polar surface area (TPSA) is 0 Å². The van der Waals surface area contributed by atoms with Gasteiger partial charge in [0.15, 0.2) is 0 Å². The summed E-state index contributed by atoms with van der Waals surface area (Å²) in [6.45, 7) is 22.2. The molecule has 0 unspecified atom stereocenters. The van der Waals surface area contributed by atoms with E-state index in [2.05, 4.69) is 95.3 Å². The number of aryl methyl sites for hydroxylation is 3. The first kappa shape index (κ1) is 54.1. The maximum Gasteiger partial charge on any atom is 2.00 e. The van der Waals surface area contributed by atoms with Crippen LogP contribution in [0.2, 0.25) is 58.9 Å². The van der Waals surface area contributed by atoms with Crippen molar-refractivity contribution in [3.05, 3.63) is 86.5 Å². The molecule has 0 nitrogen and oxygen atoms in total. The minimum atomic E-state index is -0.921. The molecule has 3 aromatic carbocycles. The molecule has 0 saturated heterocycles. The Kier molecular flexibility index (Phi) is 27.2. The smallest absolute Gasteiger partial charge is 1.00 e. The van der Waals surface area contributed by atoms with Gasteiger partial charge >= 0.3 is 65.2 Å². The standard InChI is InChI=1S/3C13H21Si.3ClH.3Ti/c3*1-14(2,3)10-12-9-8-11-6-4-5-7-13(11)12;;;;;;/h3*8-9H,4-7,10H2,1-3H3;3*1H;;;/q3*-1;;;;3*+2/p-3. The van der Waals surface area contributed by atoms with E-state index in [9.17, 15) is 0 Å². The maximum atomic E-state index is 2.47. The van der Waals surface area contributed by atoms with E-state index in [1.807, 2.05) is 0 Å². The fourth-order valence-corrected chi connectivity index (χ4v) is 12.0. The monoisotopic (exact) mass is 864 g/mol. The van der Waals surface area contributed by atoms with E-state index in [1.54, 1.807) is 50.1 Å². The summed E-state index contributed by atoms with van der Waals surface area (Å²) in [5, 5.41) is 0. The van der Waals surface area contributed by atoms with E-state index in [0.29, 0.717) is 0 Å². The molecule has 3 aromatic rings. The molecule has 9 heteroatoms. The van der Waals surface area contributed by atoms with Crippen molar-refractivity contribution in [1.82, 2.24) is 0 Å². The van der Waals surface area contributed by atoms with Crippen molar-refractivity contribution in [1.29, 1.82) is 0 Å². The van der Waals surface area contributed by atoms with Gasteiger partial charge in [-0.2, -0.15) is 68.3 Å². The first-order valence-electron chi connectivity index (χ1n) is 17.5. The molecule has 0 radical (unpaired) electrons. The molecule has 0 aromatic heterocycles. The predicted molar refractivity (Wildman–Crippen MR) is 197 cm³/mol. The van der Waals surface area contributed by atoms with E-state index in [1.165, 1.54) is 95.2 Å². The fraction of sp³-hybridized carbons (Fsp3) is 0.615. The Morgan fingerprint density at radius 2 is 0.604 bits per heavy atom. The summed E-state index contributed by atoms with van der Waals surface area (Å²) >= 11 is 0. The Morgan fingerprint density at radius 1 is 0.396 bits per heavy atom. The van der Waals surface area contributed by atoms with Gasteiger partial charge in [-0.3, -0.25) is 0 Å². The number of rotatable bonds is 6. The van der Waals surface area contributed by atoms with Crippen molar-refractivity contribution >= 4 is 24.2 Å². The molecular formula is C39H63Cl3Si3Ti3. The second kappa shape index (κ2) is 24.2. The van der Waals surface area contributed by atoms with E-state index < -0.39 is 24.2 Å². The van der Waals surface area contributed by atoms with Gasteiger partial charge in [0.1, 0.15) is 0 Å². The molecule has 3 aliphatic rings. The van der Waals surface area contributed by atoms with Crippen LogP contribution in [0.5, 0.6) is 0 Å². The predicted octanol–water partition coefficient (Wildman–Crippen LogP) is 2.12. The minimum Gasteiger partial charge on any atom is -1.00 e. The Labute approximate surface area is 363 Å². The third-order valence-corrected chi connectivity index (χ3v) is 13.6. The molecule has 0 atom stereocenters. The first-order valence-corrected chi connectivity index (χ1v) is 28.6. The third-order valence-electron chi connectivity index (χ3n) is 9.31. The summed E-state index contributed by atoms with van der Waals surface area (Å²) in [6, 6.07) is 18.5. The van der Waals surface area contributed by atoms with Gasteiger partial charge < -0.3 is 37.2 Å². The van der Waals surface area contributed by atoms with Gasteiger partial charge in [0.05, 0.1) is 0 Å². The van der Waals surface area contributed by atoms with Crippen LogP contribution in [0.15, 0.2) is 36.4 Å². The summed E-state index contributed by atoms with van der Waals surface area (Å²) in [5.74, 6) is 0. The van der Waals surface area contributed by atoms with Crippen molar-refractivity contribution in [3.63, 3.8) is 0 Å². The molecule has 48 heavy (non-hydrogen) atoms. The van der Waals surface area contributed by atoms with Crippen LogP contribution in [-0.2, 0) is 122 Å². The minimum absolute atomic E-state index is 0. The summed E-state index contributed by atoms with van der Waals surface area (Å²) in [6.07, 6.45) is 16.5. The number of hydrogen-bond acceptors (Lipinski definition) is 0.